The van der Waals surface area contributed by atoms with Crippen LogP contribution in [-0.2, 0) is 12.8 Å². The Hall–Kier alpha value is -2.75. The number of aryl methyl sites for hydroxylation is 3. The Labute approximate surface area is 147 Å². The average Bonchev–Trinajstić information content (AvgIpc) is 2.96. The van der Waals surface area contributed by atoms with Gasteiger partial charge in [-0.15, -0.1) is 0 Å². The van der Waals surface area contributed by atoms with E-state index in [9.17, 15) is 9.90 Å². The number of rotatable bonds is 7. The van der Waals surface area contributed by atoms with Gasteiger partial charge in [-0.3, -0.25) is 0 Å². The van der Waals surface area contributed by atoms with Crippen LogP contribution in [0.5, 0.6) is 0 Å². The van der Waals surface area contributed by atoms with Crippen molar-refractivity contribution in [3.8, 4) is 0 Å². The molecule has 0 bridgehead atoms. The van der Waals surface area contributed by atoms with E-state index in [1.807, 2.05) is 25.1 Å². The third kappa shape index (κ3) is 3.53. The van der Waals surface area contributed by atoms with Gasteiger partial charge in [0.1, 0.15) is 5.58 Å². The summed E-state index contributed by atoms with van der Waals surface area (Å²) < 4.78 is 5.51. The minimum atomic E-state index is -1.02. The molecule has 4 nitrogen and oxygen atoms in total. The first-order chi connectivity index (χ1) is 12.1. The van der Waals surface area contributed by atoms with E-state index in [0.29, 0.717) is 11.1 Å². The number of aromatic carboxylic acids is 1. The molecule has 3 aromatic rings. The van der Waals surface area contributed by atoms with Crippen molar-refractivity contribution in [2.45, 2.75) is 33.1 Å². The number of furan rings is 1. The van der Waals surface area contributed by atoms with Crippen LogP contribution in [0.3, 0.4) is 0 Å². The van der Waals surface area contributed by atoms with E-state index in [4.69, 9.17) is 4.42 Å². The molecule has 0 spiro atoms. The van der Waals surface area contributed by atoms with Crippen molar-refractivity contribution < 1.29 is 14.3 Å². The highest BCUT2D eigenvalue weighted by Gasteiger charge is 2.20. The summed E-state index contributed by atoms with van der Waals surface area (Å²) in [6.45, 7) is 4.76. The van der Waals surface area contributed by atoms with Gasteiger partial charge in [0, 0.05) is 23.2 Å². The van der Waals surface area contributed by atoms with Crippen LogP contribution in [0, 0.1) is 6.92 Å². The molecule has 0 amide bonds. The topological polar surface area (TPSA) is 62.5 Å². The number of hydrogen-bond acceptors (Lipinski definition) is 3. The highest BCUT2D eigenvalue weighted by molar-refractivity contribution is 5.98. The lowest BCUT2D eigenvalue weighted by Crippen LogP contribution is -2.05. The van der Waals surface area contributed by atoms with Crippen molar-refractivity contribution in [2.24, 2.45) is 0 Å². The maximum Gasteiger partial charge on any atom is 0.372 e. The van der Waals surface area contributed by atoms with Gasteiger partial charge >= 0.3 is 5.97 Å². The number of fused-ring (bicyclic) bond motifs is 1. The molecule has 130 valence electrons. The second-order valence-corrected chi connectivity index (χ2v) is 6.20. The Morgan fingerprint density at radius 2 is 1.92 bits per heavy atom. The molecular weight excluding hydrogens is 314 g/mol. The van der Waals surface area contributed by atoms with Crippen LogP contribution < -0.4 is 5.32 Å². The number of carboxylic acid groups (broad SMARTS) is 1. The molecule has 0 unspecified atom stereocenters. The molecule has 4 heteroatoms. The van der Waals surface area contributed by atoms with Crippen molar-refractivity contribution in [1.29, 1.82) is 0 Å². The molecule has 0 atom stereocenters. The van der Waals surface area contributed by atoms with Crippen LogP contribution in [0.15, 0.2) is 46.9 Å². The monoisotopic (exact) mass is 337 g/mol. The fourth-order valence-corrected chi connectivity index (χ4v) is 3.32. The summed E-state index contributed by atoms with van der Waals surface area (Å²) in [7, 11) is 0. The predicted octanol–water partition coefficient (Wildman–Crippen LogP) is 5.05. The number of carboxylic acids is 1. The fourth-order valence-electron chi connectivity index (χ4n) is 3.32. The van der Waals surface area contributed by atoms with E-state index in [-0.39, 0.29) is 5.76 Å². The van der Waals surface area contributed by atoms with Crippen molar-refractivity contribution in [1.82, 2.24) is 0 Å². The first kappa shape index (κ1) is 17.1. The lowest BCUT2D eigenvalue weighted by Gasteiger charge is -2.12. The zero-order valence-corrected chi connectivity index (χ0v) is 14.6. The van der Waals surface area contributed by atoms with Gasteiger partial charge < -0.3 is 14.8 Å². The van der Waals surface area contributed by atoms with E-state index in [1.165, 1.54) is 5.56 Å². The summed E-state index contributed by atoms with van der Waals surface area (Å²) in [6.07, 6.45) is 2.89. The van der Waals surface area contributed by atoms with Gasteiger partial charge in [-0.1, -0.05) is 37.3 Å². The second kappa shape index (κ2) is 7.43. The fraction of sp³-hybridized carbons (Fsp3) is 0.286. The van der Waals surface area contributed by atoms with Crippen molar-refractivity contribution in [3.63, 3.8) is 0 Å². The van der Waals surface area contributed by atoms with Crippen LogP contribution in [0.2, 0.25) is 0 Å². The van der Waals surface area contributed by atoms with Gasteiger partial charge in [-0.25, -0.2) is 4.79 Å². The highest BCUT2D eigenvalue weighted by Crippen LogP contribution is 2.33. The Morgan fingerprint density at radius 3 is 2.60 bits per heavy atom. The van der Waals surface area contributed by atoms with Crippen molar-refractivity contribution >= 4 is 22.6 Å². The van der Waals surface area contributed by atoms with Gasteiger partial charge in [0.05, 0.1) is 0 Å². The lowest BCUT2D eigenvalue weighted by molar-refractivity contribution is 0.0664. The maximum absolute atomic E-state index is 11.3. The zero-order valence-electron chi connectivity index (χ0n) is 14.6. The molecule has 0 aliphatic carbocycles. The predicted molar refractivity (Wildman–Crippen MR) is 101 cm³/mol. The average molecular weight is 337 g/mol. The quantitative estimate of drug-likeness (QED) is 0.592. The molecule has 1 heterocycles. The van der Waals surface area contributed by atoms with Gasteiger partial charge in [0.25, 0.3) is 0 Å². The molecule has 0 fully saturated rings. The molecule has 3 rings (SSSR count). The van der Waals surface area contributed by atoms with Gasteiger partial charge in [0.2, 0.25) is 5.76 Å². The number of hydrogen-bond donors (Lipinski definition) is 2. The number of carbonyl (C=O) groups is 1. The van der Waals surface area contributed by atoms with Crippen molar-refractivity contribution in [2.75, 3.05) is 11.9 Å². The summed E-state index contributed by atoms with van der Waals surface area (Å²) in [5, 5.41) is 13.7. The number of anilines is 1. The van der Waals surface area contributed by atoms with E-state index in [1.54, 1.807) is 0 Å². The minimum absolute atomic E-state index is 0.0333. The largest absolute Gasteiger partial charge is 0.475 e. The Bertz CT molecular complexity index is 881. The number of nitrogens with one attached hydrogen (secondary N) is 1. The van der Waals surface area contributed by atoms with Crippen LogP contribution in [0.4, 0.5) is 5.69 Å². The number of benzene rings is 2. The lowest BCUT2D eigenvalue weighted by atomic mass is 10.0. The Morgan fingerprint density at radius 1 is 1.16 bits per heavy atom. The Balaban J connectivity index is 1.77. The molecule has 0 radical (unpaired) electrons. The molecule has 2 N–H and O–H groups in total. The van der Waals surface area contributed by atoms with E-state index < -0.39 is 5.97 Å². The smallest absolute Gasteiger partial charge is 0.372 e. The summed E-state index contributed by atoms with van der Waals surface area (Å²) in [6, 6.07) is 14.3. The van der Waals surface area contributed by atoms with Crippen LogP contribution in [-0.4, -0.2) is 17.6 Å². The molecule has 2 aromatic carbocycles. The molecule has 0 saturated carbocycles. The highest BCUT2D eigenvalue weighted by atomic mass is 16.4. The minimum Gasteiger partial charge on any atom is -0.475 e. The summed E-state index contributed by atoms with van der Waals surface area (Å²) in [5.41, 5.74) is 4.86. The standard InChI is InChI=1S/C21H23NO3/c1-3-16-17(22-13-7-10-15-8-5-4-6-9-15)11-12-18-19(16)14(2)20(25-18)21(23)24/h4-6,8-9,11-12,22H,3,7,10,13H2,1-2H3,(H,23,24). The summed E-state index contributed by atoms with van der Waals surface area (Å²) in [5.74, 6) is -0.987. The van der Waals surface area contributed by atoms with Crippen LogP contribution in [0.1, 0.15) is 40.6 Å². The zero-order chi connectivity index (χ0) is 17.8. The second-order valence-electron chi connectivity index (χ2n) is 6.20. The normalized spacial score (nSPS) is 11.0. The summed E-state index contributed by atoms with van der Waals surface area (Å²) in [4.78, 5) is 11.3. The van der Waals surface area contributed by atoms with Gasteiger partial charge in [-0.05, 0) is 49.4 Å². The van der Waals surface area contributed by atoms with Crippen molar-refractivity contribution in [3.05, 3.63) is 64.9 Å². The van der Waals surface area contributed by atoms with E-state index in [2.05, 4.69) is 36.5 Å². The Kier molecular flexibility index (Phi) is 5.08. The molecular formula is C21H23NO3. The third-order valence-electron chi connectivity index (χ3n) is 4.55. The molecule has 1 aromatic heterocycles. The van der Waals surface area contributed by atoms with Gasteiger partial charge in [-0.2, -0.15) is 0 Å². The molecule has 0 aliphatic heterocycles. The molecule has 0 saturated heterocycles. The van der Waals surface area contributed by atoms with E-state index in [0.717, 1.165) is 42.4 Å². The van der Waals surface area contributed by atoms with Crippen LogP contribution in [0.25, 0.3) is 11.0 Å². The van der Waals surface area contributed by atoms with Gasteiger partial charge in [0.15, 0.2) is 0 Å². The molecule has 25 heavy (non-hydrogen) atoms. The first-order valence-corrected chi connectivity index (χ1v) is 8.68. The van der Waals surface area contributed by atoms with Crippen LogP contribution >= 0.6 is 0 Å². The maximum atomic E-state index is 11.3. The summed E-state index contributed by atoms with van der Waals surface area (Å²) >= 11 is 0. The molecule has 0 aliphatic rings. The SMILES string of the molecule is CCc1c(NCCCc2ccccc2)ccc2oc(C(=O)O)c(C)c12. The first-order valence-electron chi connectivity index (χ1n) is 8.68. The third-order valence-corrected chi connectivity index (χ3v) is 4.55. The van der Waals surface area contributed by atoms with E-state index >= 15 is 0 Å².